The summed E-state index contributed by atoms with van der Waals surface area (Å²) in [5.41, 5.74) is 2.08. The zero-order valence-electron chi connectivity index (χ0n) is 8.18. The Morgan fingerprint density at radius 3 is 2.69 bits per heavy atom. The van der Waals surface area contributed by atoms with E-state index in [4.69, 9.17) is 0 Å². The van der Waals surface area contributed by atoms with Gasteiger partial charge >= 0.3 is 0 Å². The maximum Gasteiger partial charge on any atom is 0.126 e. The fourth-order valence-electron chi connectivity index (χ4n) is 1.09. The molecular formula is C12H15F. The molecule has 0 heterocycles. The summed E-state index contributed by atoms with van der Waals surface area (Å²) in [4.78, 5) is 0. The van der Waals surface area contributed by atoms with Gasteiger partial charge in [-0.1, -0.05) is 36.8 Å². The highest BCUT2D eigenvalue weighted by molar-refractivity contribution is 5.20. The van der Waals surface area contributed by atoms with Crippen LogP contribution in [0, 0.1) is 5.82 Å². The SMILES string of the molecule is CCC(C)=CCc1ccccc1F. The van der Waals surface area contributed by atoms with Gasteiger partial charge in [0.25, 0.3) is 0 Å². The number of rotatable bonds is 3. The molecule has 0 spiro atoms. The standard InChI is InChI=1S/C12H15F/c1-3-10(2)8-9-11-6-4-5-7-12(11)13/h4-8H,3,9H2,1-2H3. The zero-order chi connectivity index (χ0) is 9.68. The van der Waals surface area contributed by atoms with Crippen molar-refractivity contribution in [1.82, 2.24) is 0 Å². The first-order chi connectivity index (χ1) is 6.24. The van der Waals surface area contributed by atoms with Gasteiger partial charge in [-0.25, -0.2) is 4.39 Å². The predicted octanol–water partition coefficient (Wildman–Crippen LogP) is 3.72. The Labute approximate surface area is 79.1 Å². The van der Waals surface area contributed by atoms with Crippen LogP contribution in [0.15, 0.2) is 35.9 Å². The molecule has 0 fully saturated rings. The van der Waals surface area contributed by atoms with Gasteiger partial charge < -0.3 is 0 Å². The molecule has 0 amide bonds. The van der Waals surface area contributed by atoms with E-state index in [0.29, 0.717) is 6.42 Å². The van der Waals surface area contributed by atoms with E-state index in [-0.39, 0.29) is 5.82 Å². The first kappa shape index (κ1) is 9.97. The molecule has 0 unspecified atom stereocenters. The first-order valence-corrected chi connectivity index (χ1v) is 4.63. The Morgan fingerprint density at radius 2 is 2.08 bits per heavy atom. The van der Waals surface area contributed by atoms with Gasteiger partial charge in [-0.3, -0.25) is 0 Å². The van der Waals surface area contributed by atoms with Crippen LogP contribution in [0.1, 0.15) is 25.8 Å². The molecule has 1 aromatic carbocycles. The molecule has 0 radical (unpaired) electrons. The predicted molar refractivity (Wildman–Crippen MR) is 54.2 cm³/mol. The minimum Gasteiger partial charge on any atom is -0.207 e. The number of hydrogen-bond acceptors (Lipinski definition) is 0. The molecule has 0 aliphatic carbocycles. The van der Waals surface area contributed by atoms with Crippen LogP contribution >= 0.6 is 0 Å². The van der Waals surface area contributed by atoms with Crippen LogP contribution in [-0.4, -0.2) is 0 Å². The van der Waals surface area contributed by atoms with E-state index >= 15 is 0 Å². The molecule has 0 nitrogen and oxygen atoms in total. The third-order valence-corrected chi connectivity index (χ3v) is 2.19. The molecular weight excluding hydrogens is 163 g/mol. The second-order valence-corrected chi connectivity index (χ2v) is 3.20. The molecule has 13 heavy (non-hydrogen) atoms. The lowest BCUT2D eigenvalue weighted by molar-refractivity contribution is 0.614. The van der Waals surface area contributed by atoms with E-state index in [1.165, 1.54) is 11.6 Å². The summed E-state index contributed by atoms with van der Waals surface area (Å²) < 4.78 is 13.1. The van der Waals surface area contributed by atoms with Crippen LogP contribution in [0.5, 0.6) is 0 Å². The quantitative estimate of drug-likeness (QED) is 0.619. The van der Waals surface area contributed by atoms with E-state index in [1.54, 1.807) is 6.07 Å². The number of benzene rings is 1. The third kappa shape index (κ3) is 3.02. The molecule has 0 atom stereocenters. The van der Waals surface area contributed by atoms with E-state index in [2.05, 4.69) is 19.9 Å². The maximum absolute atomic E-state index is 13.1. The van der Waals surface area contributed by atoms with Crippen LogP contribution in [0.3, 0.4) is 0 Å². The lowest BCUT2D eigenvalue weighted by Crippen LogP contribution is -1.87. The number of hydrogen-bond donors (Lipinski definition) is 0. The smallest absolute Gasteiger partial charge is 0.126 e. The molecule has 1 rings (SSSR count). The van der Waals surface area contributed by atoms with Gasteiger partial charge in [0, 0.05) is 0 Å². The van der Waals surface area contributed by atoms with E-state index in [9.17, 15) is 4.39 Å². The maximum atomic E-state index is 13.1. The van der Waals surface area contributed by atoms with Crippen molar-refractivity contribution < 1.29 is 4.39 Å². The summed E-state index contributed by atoms with van der Waals surface area (Å²) in [5, 5.41) is 0. The Bertz CT molecular complexity index is 300. The van der Waals surface area contributed by atoms with Crippen LogP contribution in [0.2, 0.25) is 0 Å². The fraction of sp³-hybridized carbons (Fsp3) is 0.333. The fourth-order valence-corrected chi connectivity index (χ4v) is 1.09. The highest BCUT2D eigenvalue weighted by atomic mass is 19.1. The van der Waals surface area contributed by atoms with Gasteiger partial charge in [0.05, 0.1) is 0 Å². The van der Waals surface area contributed by atoms with Crippen molar-refractivity contribution >= 4 is 0 Å². The van der Waals surface area contributed by atoms with Gasteiger partial charge in [-0.05, 0) is 31.4 Å². The lowest BCUT2D eigenvalue weighted by Gasteiger charge is -1.99. The van der Waals surface area contributed by atoms with Gasteiger partial charge in [0.2, 0.25) is 0 Å². The summed E-state index contributed by atoms with van der Waals surface area (Å²) in [6, 6.07) is 6.92. The molecule has 0 N–H and O–H groups in total. The zero-order valence-corrected chi connectivity index (χ0v) is 8.18. The van der Waals surface area contributed by atoms with Crippen molar-refractivity contribution in [2.75, 3.05) is 0 Å². The normalized spacial score (nSPS) is 11.8. The second-order valence-electron chi connectivity index (χ2n) is 3.20. The average Bonchev–Trinajstić information content (AvgIpc) is 2.16. The molecule has 0 saturated heterocycles. The van der Waals surface area contributed by atoms with Gasteiger partial charge in [0.15, 0.2) is 0 Å². The monoisotopic (exact) mass is 178 g/mol. The molecule has 0 aliphatic heterocycles. The van der Waals surface area contributed by atoms with Crippen molar-refractivity contribution in [3.63, 3.8) is 0 Å². The first-order valence-electron chi connectivity index (χ1n) is 4.63. The molecule has 0 aromatic heterocycles. The molecule has 1 heteroatoms. The Morgan fingerprint density at radius 1 is 1.38 bits per heavy atom. The van der Waals surface area contributed by atoms with Gasteiger partial charge in [-0.2, -0.15) is 0 Å². The minimum atomic E-state index is -0.109. The van der Waals surface area contributed by atoms with E-state index < -0.39 is 0 Å². The van der Waals surface area contributed by atoms with Crippen LogP contribution in [0.4, 0.5) is 4.39 Å². The Kier molecular flexibility index (Phi) is 3.69. The highest BCUT2D eigenvalue weighted by Gasteiger charge is 1.97. The molecule has 1 aromatic rings. The topological polar surface area (TPSA) is 0 Å². The largest absolute Gasteiger partial charge is 0.207 e. The average molecular weight is 178 g/mol. The van der Waals surface area contributed by atoms with Crippen molar-refractivity contribution in [3.05, 3.63) is 47.3 Å². The van der Waals surface area contributed by atoms with Crippen LogP contribution in [-0.2, 0) is 6.42 Å². The molecule has 0 saturated carbocycles. The summed E-state index contributed by atoms with van der Waals surface area (Å²) >= 11 is 0. The van der Waals surface area contributed by atoms with Crippen molar-refractivity contribution in [1.29, 1.82) is 0 Å². The van der Waals surface area contributed by atoms with Crippen molar-refractivity contribution in [3.8, 4) is 0 Å². The van der Waals surface area contributed by atoms with Crippen LogP contribution < -0.4 is 0 Å². The van der Waals surface area contributed by atoms with E-state index in [1.807, 2.05) is 12.1 Å². The summed E-state index contributed by atoms with van der Waals surface area (Å²) in [7, 11) is 0. The molecule has 0 bridgehead atoms. The van der Waals surface area contributed by atoms with E-state index in [0.717, 1.165) is 12.0 Å². The Balaban J connectivity index is 2.70. The number of allylic oxidation sites excluding steroid dienone is 2. The second kappa shape index (κ2) is 4.80. The van der Waals surface area contributed by atoms with Crippen molar-refractivity contribution in [2.45, 2.75) is 26.7 Å². The highest BCUT2D eigenvalue weighted by Crippen LogP contribution is 2.09. The summed E-state index contributed by atoms with van der Waals surface area (Å²) in [6.07, 6.45) is 3.82. The Hall–Kier alpha value is -1.11. The minimum absolute atomic E-state index is 0.109. The molecule has 0 aliphatic rings. The molecule has 70 valence electrons. The summed E-state index contributed by atoms with van der Waals surface area (Å²) in [5.74, 6) is -0.109. The summed E-state index contributed by atoms with van der Waals surface area (Å²) in [6.45, 7) is 4.17. The van der Waals surface area contributed by atoms with Crippen molar-refractivity contribution in [2.24, 2.45) is 0 Å². The third-order valence-electron chi connectivity index (χ3n) is 2.19. The van der Waals surface area contributed by atoms with Gasteiger partial charge in [-0.15, -0.1) is 0 Å². The lowest BCUT2D eigenvalue weighted by atomic mass is 10.1. The van der Waals surface area contributed by atoms with Crippen LogP contribution in [0.25, 0.3) is 0 Å². The van der Waals surface area contributed by atoms with Gasteiger partial charge in [0.1, 0.15) is 5.82 Å². The number of halogens is 1.